The number of nitrogens with one attached hydrogen (secondary N) is 1. The van der Waals surface area contributed by atoms with Crippen molar-refractivity contribution in [2.45, 2.75) is 0 Å². The SMILES string of the molecule is N#Cc1cc(Cl)nc(Nc2ccc(C#N)c(C#N)c2)c1. The molecule has 0 aliphatic heterocycles. The first-order valence-corrected chi connectivity index (χ1v) is 5.83. The third-order valence-corrected chi connectivity index (χ3v) is 2.65. The van der Waals surface area contributed by atoms with E-state index >= 15 is 0 Å². The average molecular weight is 280 g/mol. The topological polar surface area (TPSA) is 96.3 Å². The second-order valence-corrected chi connectivity index (χ2v) is 4.17. The lowest BCUT2D eigenvalue weighted by Crippen LogP contribution is -1.96. The van der Waals surface area contributed by atoms with Crippen molar-refractivity contribution in [3.63, 3.8) is 0 Å². The molecule has 5 nitrogen and oxygen atoms in total. The highest BCUT2D eigenvalue weighted by Crippen LogP contribution is 2.21. The second kappa shape index (κ2) is 5.71. The quantitative estimate of drug-likeness (QED) is 0.852. The van der Waals surface area contributed by atoms with Crippen LogP contribution in [-0.2, 0) is 0 Å². The number of hydrogen-bond acceptors (Lipinski definition) is 5. The van der Waals surface area contributed by atoms with Crippen molar-refractivity contribution in [2.24, 2.45) is 0 Å². The number of hydrogen-bond donors (Lipinski definition) is 1. The number of nitriles is 3. The molecule has 0 amide bonds. The maximum Gasteiger partial charge on any atom is 0.133 e. The minimum atomic E-state index is 0.195. The molecule has 0 spiro atoms. The van der Waals surface area contributed by atoms with Crippen LogP contribution in [0, 0.1) is 34.0 Å². The Balaban J connectivity index is 2.37. The third-order valence-electron chi connectivity index (χ3n) is 2.46. The van der Waals surface area contributed by atoms with Crippen LogP contribution in [0.15, 0.2) is 30.3 Å². The fourth-order valence-corrected chi connectivity index (χ4v) is 1.79. The summed E-state index contributed by atoms with van der Waals surface area (Å²) in [5.74, 6) is 0.391. The van der Waals surface area contributed by atoms with Gasteiger partial charge in [-0.05, 0) is 30.3 Å². The number of nitrogens with zero attached hydrogens (tertiary/aromatic N) is 4. The minimum Gasteiger partial charge on any atom is -0.340 e. The number of rotatable bonds is 2. The predicted octanol–water partition coefficient (Wildman–Crippen LogP) is 3.09. The summed E-state index contributed by atoms with van der Waals surface area (Å²) in [6.07, 6.45) is 0. The summed E-state index contributed by atoms with van der Waals surface area (Å²) in [7, 11) is 0. The number of benzene rings is 1. The van der Waals surface area contributed by atoms with Crippen LogP contribution in [0.5, 0.6) is 0 Å². The van der Waals surface area contributed by atoms with E-state index < -0.39 is 0 Å². The minimum absolute atomic E-state index is 0.195. The number of pyridine rings is 1. The highest BCUT2D eigenvalue weighted by Gasteiger charge is 2.05. The summed E-state index contributed by atoms with van der Waals surface area (Å²) in [4.78, 5) is 4.03. The molecule has 0 bridgehead atoms. The molecule has 20 heavy (non-hydrogen) atoms. The van der Waals surface area contributed by atoms with E-state index in [2.05, 4.69) is 10.3 Å². The van der Waals surface area contributed by atoms with E-state index in [0.717, 1.165) is 0 Å². The van der Waals surface area contributed by atoms with Gasteiger partial charge in [0.2, 0.25) is 0 Å². The zero-order chi connectivity index (χ0) is 14.5. The van der Waals surface area contributed by atoms with E-state index in [9.17, 15) is 0 Å². The molecule has 2 rings (SSSR count). The standard InChI is InChI=1S/C14H6ClN5/c15-13-3-9(6-16)4-14(20-13)19-12-2-1-10(7-17)11(5-12)8-18/h1-5H,(H,19,20). The molecule has 0 saturated heterocycles. The molecule has 1 heterocycles. The first-order chi connectivity index (χ1) is 9.66. The Labute approximate surface area is 120 Å². The molecule has 6 heteroatoms. The van der Waals surface area contributed by atoms with Gasteiger partial charge in [0.05, 0.1) is 22.8 Å². The van der Waals surface area contributed by atoms with Gasteiger partial charge in [0.25, 0.3) is 0 Å². The highest BCUT2D eigenvalue weighted by atomic mass is 35.5. The van der Waals surface area contributed by atoms with E-state index in [0.29, 0.717) is 22.6 Å². The van der Waals surface area contributed by atoms with Crippen LogP contribution in [-0.4, -0.2) is 4.98 Å². The average Bonchev–Trinajstić information content (AvgIpc) is 2.46. The van der Waals surface area contributed by atoms with Crippen LogP contribution in [0.1, 0.15) is 16.7 Å². The highest BCUT2D eigenvalue weighted by molar-refractivity contribution is 6.29. The van der Waals surface area contributed by atoms with E-state index in [4.69, 9.17) is 27.4 Å². The number of halogens is 1. The fourth-order valence-electron chi connectivity index (χ4n) is 1.59. The first kappa shape index (κ1) is 13.4. The van der Waals surface area contributed by atoms with Crippen LogP contribution in [0.3, 0.4) is 0 Å². The van der Waals surface area contributed by atoms with Gasteiger partial charge in [-0.1, -0.05) is 11.6 Å². The van der Waals surface area contributed by atoms with Crippen molar-refractivity contribution in [1.29, 1.82) is 15.8 Å². The lowest BCUT2D eigenvalue weighted by molar-refractivity contribution is 1.29. The van der Waals surface area contributed by atoms with Crippen molar-refractivity contribution in [3.05, 3.63) is 52.2 Å². The summed E-state index contributed by atoms with van der Waals surface area (Å²) in [6, 6.07) is 13.6. The smallest absolute Gasteiger partial charge is 0.133 e. The van der Waals surface area contributed by atoms with E-state index in [-0.39, 0.29) is 10.7 Å². The normalized spacial score (nSPS) is 9.10. The number of aromatic nitrogens is 1. The molecule has 1 aromatic heterocycles. The van der Waals surface area contributed by atoms with Gasteiger partial charge in [0, 0.05) is 5.69 Å². The third kappa shape index (κ3) is 2.84. The molecule has 2 aromatic rings. The van der Waals surface area contributed by atoms with Gasteiger partial charge in [-0.15, -0.1) is 0 Å². The van der Waals surface area contributed by atoms with Crippen molar-refractivity contribution >= 4 is 23.1 Å². The zero-order valence-electron chi connectivity index (χ0n) is 10.1. The lowest BCUT2D eigenvalue weighted by atomic mass is 10.1. The van der Waals surface area contributed by atoms with E-state index in [1.807, 2.05) is 18.2 Å². The van der Waals surface area contributed by atoms with Crippen molar-refractivity contribution in [3.8, 4) is 18.2 Å². The van der Waals surface area contributed by atoms with Crippen molar-refractivity contribution in [1.82, 2.24) is 4.98 Å². The van der Waals surface area contributed by atoms with Crippen LogP contribution in [0.25, 0.3) is 0 Å². The van der Waals surface area contributed by atoms with Crippen LogP contribution >= 0.6 is 11.6 Å². The molecule has 0 unspecified atom stereocenters. The zero-order valence-corrected chi connectivity index (χ0v) is 10.8. The Morgan fingerprint density at radius 1 is 0.950 bits per heavy atom. The largest absolute Gasteiger partial charge is 0.340 e. The Morgan fingerprint density at radius 3 is 2.35 bits per heavy atom. The fraction of sp³-hybridized carbons (Fsp3) is 0. The van der Waals surface area contributed by atoms with Crippen molar-refractivity contribution < 1.29 is 0 Å². The molecule has 0 fully saturated rings. The van der Waals surface area contributed by atoms with Gasteiger partial charge in [-0.3, -0.25) is 0 Å². The maximum atomic E-state index is 8.96. The summed E-state index contributed by atoms with van der Waals surface area (Å²) in [5.41, 5.74) is 1.52. The molecule has 0 saturated carbocycles. The predicted molar refractivity (Wildman–Crippen MR) is 73.1 cm³/mol. The van der Waals surface area contributed by atoms with Crippen LogP contribution < -0.4 is 5.32 Å². The molecule has 1 N–H and O–H groups in total. The molecule has 0 aliphatic carbocycles. The van der Waals surface area contributed by atoms with Crippen LogP contribution in [0.2, 0.25) is 5.15 Å². The molecular weight excluding hydrogens is 274 g/mol. The summed E-state index contributed by atoms with van der Waals surface area (Å²) < 4.78 is 0. The number of anilines is 2. The summed E-state index contributed by atoms with van der Waals surface area (Å²) >= 11 is 5.80. The first-order valence-electron chi connectivity index (χ1n) is 5.45. The molecule has 0 atom stereocenters. The van der Waals surface area contributed by atoms with Gasteiger partial charge in [-0.2, -0.15) is 15.8 Å². The summed E-state index contributed by atoms with van der Waals surface area (Å²) in [6.45, 7) is 0. The summed E-state index contributed by atoms with van der Waals surface area (Å²) in [5, 5.41) is 29.8. The Hall–Kier alpha value is -3.07. The Kier molecular flexibility index (Phi) is 3.82. The van der Waals surface area contributed by atoms with E-state index in [1.165, 1.54) is 24.3 Å². The van der Waals surface area contributed by atoms with Crippen molar-refractivity contribution in [2.75, 3.05) is 5.32 Å². The van der Waals surface area contributed by atoms with E-state index in [1.54, 1.807) is 6.07 Å². The Morgan fingerprint density at radius 2 is 1.70 bits per heavy atom. The van der Waals surface area contributed by atoms with Gasteiger partial charge >= 0.3 is 0 Å². The van der Waals surface area contributed by atoms with Gasteiger partial charge in [0.1, 0.15) is 23.1 Å². The lowest BCUT2D eigenvalue weighted by Gasteiger charge is -2.07. The monoisotopic (exact) mass is 279 g/mol. The van der Waals surface area contributed by atoms with Gasteiger partial charge in [0.15, 0.2) is 0 Å². The van der Waals surface area contributed by atoms with Crippen LogP contribution in [0.4, 0.5) is 11.5 Å². The molecular formula is C14H6ClN5. The molecule has 1 aromatic carbocycles. The van der Waals surface area contributed by atoms with Gasteiger partial charge < -0.3 is 5.32 Å². The molecule has 0 aliphatic rings. The Bertz CT molecular complexity index is 793. The molecule has 94 valence electrons. The maximum absolute atomic E-state index is 8.96. The second-order valence-electron chi connectivity index (χ2n) is 3.78. The molecule has 0 radical (unpaired) electrons. The van der Waals surface area contributed by atoms with Gasteiger partial charge in [-0.25, -0.2) is 4.98 Å².